The number of anilines is 1. The molecule has 0 spiro atoms. The summed E-state index contributed by atoms with van der Waals surface area (Å²) in [6.45, 7) is 5.29. The van der Waals surface area contributed by atoms with Crippen LogP contribution in [0.25, 0.3) is 0 Å². The van der Waals surface area contributed by atoms with Gasteiger partial charge in [0.15, 0.2) is 0 Å². The van der Waals surface area contributed by atoms with Crippen LogP contribution in [-0.2, 0) is 16.1 Å². The molecule has 26 heavy (non-hydrogen) atoms. The van der Waals surface area contributed by atoms with Crippen LogP contribution in [0.15, 0.2) is 54.6 Å². The Kier molecular flexibility index (Phi) is 7.21. The van der Waals surface area contributed by atoms with Gasteiger partial charge in [0, 0.05) is 31.4 Å². The zero-order chi connectivity index (χ0) is 18.9. The minimum Gasteiger partial charge on any atom is -0.465 e. The molecule has 0 atom stereocenters. The van der Waals surface area contributed by atoms with Gasteiger partial charge in [0.05, 0.1) is 6.61 Å². The van der Waals surface area contributed by atoms with Crippen molar-refractivity contribution < 1.29 is 14.3 Å². The number of rotatable bonds is 8. The van der Waals surface area contributed by atoms with Crippen molar-refractivity contribution >= 4 is 17.6 Å². The van der Waals surface area contributed by atoms with Crippen molar-refractivity contribution in [3.05, 3.63) is 65.7 Å². The highest BCUT2D eigenvalue weighted by Gasteiger charge is 2.20. The highest BCUT2D eigenvalue weighted by Crippen LogP contribution is 2.16. The Morgan fingerprint density at radius 2 is 1.62 bits per heavy atom. The maximum Gasteiger partial charge on any atom is 0.325 e. The summed E-state index contributed by atoms with van der Waals surface area (Å²) in [7, 11) is 2.00. The SMILES string of the molecule is CCOC(=O)CN(Cc1ccccc1)C(=O)c1ccc(N(C)CC)cc1. The topological polar surface area (TPSA) is 49.9 Å². The summed E-state index contributed by atoms with van der Waals surface area (Å²) in [5, 5.41) is 0. The largest absolute Gasteiger partial charge is 0.465 e. The van der Waals surface area contributed by atoms with Gasteiger partial charge < -0.3 is 14.5 Å². The maximum absolute atomic E-state index is 12.9. The molecule has 0 bridgehead atoms. The third kappa shape index (κ3) is 5.34. The van der Waals surface area contributed by atoms with Crippen LogP contribution in [0.1, 0.15) is 29.8 Å². The molecule has 2 aromatic carbocycles. The molecule has 0 saturated carbocycles. The molecule has 5 nitrogen and oxygen atoms in total. The molecule has 0 radical (unpaired) electrons. The van der Waals surface area contributed by atoms with Crippen LogP contribution in [0.2, 0.25) is 0 Å². The highest BCUT2D eigenvalue weighted by atomic mass is 16.5. The smallest absolute Gasteiger partial charge is 0.325 e. The van der Waals surface area contributed by atoms with Crippen LogP contribution >= 0.6 is 0 Å². The van der Waals surface area contributed by atoms with Crippen molar-refractivity contribution in [2.75, 3.05) is 31.6 Å². The van der Waals surface area contributed by atoms with Gasteiger partial charge in [-0.25, -0.2) is 0 Å². The Morgan fingerprint density at radius 3 is 2.19 bits per heavy atom. The maximum atomic E-state index is 12.9. The second-order valence-electron chi connectivity index (χ2n) is 6.01. The number of benzene rings is 2. The normalized spacial score (nSPS) is 10.3. The number of amides is 1. The molecule has 138 valence electrons. The van der Waals surface area contributed by atoms with Crippen molar-refractivity contribution in [1.82, 2.24) is 4.90 Å². The van der Waals surface area contributed by atoms with Gasteiger partial charge in [0.2, 0.25) is 0 Å². The van der Waals surface area contributed by atoms with E-state index >= 15 is 0 Å². The van der Waals surface area contributed by atoms with E-state index in [0.717, 1.165) is 17.8 Å². The second kappa shape index (κ2) is 9.61. The Bertz CT molecular complexity index is 714. The highest BCUT2D eigenvalue weighted by molar-refractivity contribution is 5.96. The summed E-state index contributed by atoms with van der Waals surface area (Å²) in [5.41, 5.74) is 2.56. The monoisotopic (exact) mass is 354 g/mol. The summed E-state index contributed by atoms with van der Waals surface area (Å²) in [6, 6.07) is 17.1. The average molecular weight is 354 g/mol. The van der Waals surface area contributed by atoms with Crippen LogP contribution < -0.4 is 4.90 Å². The Balaban J connectivity index is 2.19. The van der Waals surface area contributed by atoms with Gasteiger partial charge in [0.1, 0.15) is 6.54 Å². The number of nitrogens with zero attached hydrogens (tertiary/aromatic N) is 2. The van der Waals surface area contributed by atoms with Crippen LogP contribution in [0.5, 0.6) is 0 Å². The minimum absolute atomic E-state index is 0.0712. The lowest BCUT2D eigenvalue weighted by Crippen LogP contribution is -2.36. The first-order valence-electron chi connectivity index (χ1n) is 8.85. The van der Waals surface area contributed by atoms with E-state index in [-0.39, 0.29) is 12.5 Å². The van der Waals surface area contributed by atoms with E-state index in [1.165, 1.54) is 4.90 Å². The van der Waals surface area contributed by atoms with Crippen LogP contribution in [-0.4, -0.2) is 43.5 Å². The first kappa shape index (κ1) is 19.5. The van der Waals surface area contributed by atoms with Crippen LogP contribution in [0.3, 0.4) is 0 Å². The second-order valence-corrected chi connectivity index (χ2v) is 6.01. The molecule has 0 aliphatic rings. The first-order valence-corrected chi connectivity index (χ1v) is 8.85. The molecule has 0 fully saturated rings. The predicted molar refractivity (Wildman–Crippen MR) is 103 cm³/mol. The summed E-state index contributed by atoms with van der Waals surface area (Å²) in [6.07, 6.45) is 0. The quantitative estimate of drug-likeness (QED) is 0.682. The summed E-state index contributed by atoms with van der Waals surface area (Å²) < 4.78 is 5.02. The molecule has 2 aromatic rings. The molecule has 0 aliphatic heterocycles. The zero-order valence-corrected chi connectivity index (χ0v) is 15.6. The number of hydrogen-bond donors (Lipinski definition) is 0. The molecule has 1 amide bonds. The van der Waals surface area contributed by atoms with Gasteiger partial charge in [-0.15, -0.1) is 0 Å². The van der Waals surface area contributed by atoms with E-state index in [1.807, 2.05) is 49.5 Å². The lowest BCUT2D eigenvalue weighted by molar-refractivity contribution is -0.143. The standard InChI is InChI=1S/C21H26N2O3/c1-4-22(3)19-13-11-18(12-14-19)21(25)23(16-20(24)26-5-2)15-17-9-7-6-8-10-17/h6-14H,4-5,15-16H2,1-3H3. The van der Waals surface area contributed by atoms with E-state index < -0.39 is 5.97 Å². The van der Waals surface area contributed by atoms with Crippen molar-refractivity contribution in [2.45, 2.75) is 20.4 Å². The molecular weight excluding hydrogens is 328 g/mol. The fourth-order valence-electron chi connectivity index (χ4n) is 2.59. The molecule has 5 heteroatoms. The fourth-order valence-corrected chi connectivity index (χ4v) is 2.59. The Morgan fingerprint density at radius 1 is 0.962 bits per heavy atom. The van der Waals surface area contributed by atoms with Gasteiger partial charge in [-0.2, -0.15) is 0 Å². The minimum atomic E-state index is -0.404. The van der Waals surface area contributed by atoms with Crippen LogP contribution in [0, 0.1) is 0 Å². The summed E-state index contributed by atoms with van der Waals surface area (Å²) in [4.78, 5) is 28.5. The lowest BCUT2D eigenvalue weighted by atomic mass is 10.1. The fraction of sp³-hybridized carbons (Fsp3) is 0.333. The third-order valence-corrected chi connectivity index (χ3v) is 4.16. The zero-order valence-electron chi connectivity index (χ0n) is 15.6. The van der Waals surface area contributed by atoms with E-state index in [0.29, 0.717) is 18.7 Å². The van der Waals surface area contributed by atoms with E-state index in [4.69, 9.17) is 4.74 Å². The molecule has 0 aromatic heterocycles. The molecule has 0 saturated heterocycles. The van der Waals surface area contributed by atoms with Crippen LogP contribution in [0.4, 0.5) is 5.69 Å². The lowest BCUT2D eigenvalue weighted by Gasteiger charge is -2.23. The average Bonchev–Trinajstić information content (AvgIpc) is 2.67. The van der Waals surface area contributed by atoms with E-state index in [2.05, 4.69) is 11.8 Å². The Labute approximate surface area is 155 Å². The van der Waals surface area contributed by atoms with Gasteiger partial charge in [-0.1, -0.05) is 30.3 Å². The molecule has 2 rings (SSSR count). The number of esters is 1. The van der Waals surface area contributed by atoms with Crippen molar-refractivity contribution in [1.29, 1.82) is 0 Å². The Hall–Kier alpha value is -2.82. The van der Waals surface area contributed by atoms with E-state index in [9.17, 15) is 9.59 Å². The first-order chi connectivity index (χ1) is 12.5. The number of hydrogen-bond acceptors (Lipinski definition) is 4. The molecule has 0 unspecified atom stereocenters. The summed E-state index contributed by atoms with van der Waals surface area (Å²) in [5.74, 6) is -0.591. The molecular formula is C21H26N2O3. The van der Waals surface area contributed by atoms with Gasteiger partial charge >= 0.3 is 5.97 Å². The molecule has 0 aliphatic carbocycles. The molecule has 0 N–H and O–H groups in total. The summed E-state index contributed by atoms with van der Waals surface area (Å²) >= 11 is 0. The number of carbonyl (C=O) groups is 2. The van der Waals surface area contributed by atoms with Crippen molar-refractivity contribution in [3.63, 3.8) is 0 Å². The predicted octanol–water partition coefficient (Wildman–Crippen LogP) is 3.35. The van der Waals surface area contributed by atoms with Gasteiger partial charge in [0.25, 0.3) is 5.91 Å². The number of ether oxygens (including phenoxy) is 1. The van der Waals surface area contributed by atoms with E-state index in [1.54, 1.807) is 19.1 Å². The van der Waals surface area contributed by atoms with Crippen molar-refractivity contribution in [2.24, 2.45) is 0 Å². The van der Waals surface area contributed by atoms with Gasteiger partial charge in [-0.3, -0.25) is 9.59 Å². The molecule has 0 heterocycles. The van der Waals surface area contributed by atoms with Gasteiger partial charge in [-0.05, 0) is 43.7 Å². The number of carbonyl (C=O) groups excluding carboxylic acids is 2. The van der Waals surface area contributed by atoms with Crippen molar-refractivity contribution in [3.8, 4) is 0 Å². The third-order valence-electron chi connectivity index (χ3n) is 4.16.